The van der Waals surface area contributed by atoms with Gasteiger partial charge < -0.3 is 15.5 Å². The van der Waals surface area contributed by atoms with Gasteiger partial charge in [0.15, 0.2) is 0 Å². The highest BCUT2D eigenvalue weighted by Gasteiger charge is 2.15. The van der Waals surface area contributed by atoms with Crippen molar-refractivity contribution in [3.63, 3.8) is 0 Å². The molecule has 0 aliphatic carbocycles. The lowest BCUT2D eigenvalue weighted by molar-refractivity contribution is 0.165. The van der Waals surface area contributed by atoms with Crippen LogP contribution in [0.3, 0.4) is 0 Å². The van der Waals surface area contributed by atoms with Gasteiger partial charge in [0.25, 0.3) is 0 Å². The number of nitrogens with one attached hydrogen (secondary N) is 1. The first-order valence-electron chi connectivity index (χ1n) is 7.04. The van der Waals surface area contributed by atoms with Crippen LogP contribution in [0.4, 0.5) is 0 Å². The molecule has 21 heavy (non-hydrogen) atoms. The Morgan fingerprint density at radius 2 is 1.67 bits per heavy atom. The third-order valence-electron chi connectivity index (χ3n) is 3.44. The maximum absolute atomic E-state index is 10.3. The Balaban J connectivity index is 2.00. The zero-order valence-corrected chi connectivity index (χ0v) is 12.5. The van der Waals surface area contributed by atoms with Crippen molar-refractivity contribution >= 4 is 11.6 Å². The van der Waals surface area contributed by atoms with E-state index in [1.807, 2.05) is 48.5 Å². The number of aliphatic hydroxyl groups is 2. The van der Waals surface area contributed by atoms with Gasteiger partial charge in [0.1, 0.15) is 0 Å². The molecule has 2 rings (SSSR count). The summed E-state index contributed by atoms with van der Waals surface area (Å²) in [6, 6.07) is 17.2. The maximum Gasteiger partial charge on any atom is 0.0928 e. The second-order valence-electron chi connectivity index (χ2n) is 4.92. The van der Waals surface area contributed by atoms with Crippen LogP contribution in [0.25, 0.3) is 0 Å². The van der Waals surface area contributed by atoms with Gasteiger partial charge in [0.2, 0.25) is 0 Å². The number of benzene rings is 2. The van der Waals surface area contributed by atoms with E-state index in [0.717, 1.165) is 5.56 Å². The van der Waals surface area contributed by atoms with Crippen molar-refractivity contribution in [2.24, 2.45) is 0 Å². The van der Waals surface area contributed by atoms with E-state index in [9.17, 15) is 10.2 Å². The zero-order chi connectivity index (χ0) is 15.1. The summed E-state index contributed by atoms with van der Waals surface area (Å²) in [6.45, 7) is 0.470. The van der Waals surface area contributed by atoms with E-state index in [1.54, 1.807) is 6.07 Å². The van der Waals surface area contributed by atoms with Gasteiger partial charge in [-0.3, -0.25) is 0 Å². The molecule has 3 nitrogen and oxygen atoms in total. The molecule has 0 aliphatic rings. The Hall–Kier alpha value is -1.39. The van der Waals surface area contributed by atoms with Crippen LogP contribution in [0.15, 0.2) is 54.6 Å². The lowest BCUT2D eigenvalue weighted by Crippen LogP contribution is -2.27. The third-order valence-corrected chi connectivity index (χ3v) is 3.79. The normalized spacial score (nSPS) is 13.9. The van der Waals surface area contributed by atoms with Crippen LogP contribution in [-0.2, 0) is 0 Å². The van der Waals surface area contributed by atoms with Crippen LogP contribution in [0.1, 0.15) is 29.7 Å². The van der Waals surface area contributed by atoms with Crippen molar-refractivity contribution in [1.29, 1.82) is 0 Å². The molecule has 0 bridgehead atoms. The molecular formula is C17H20ClNO2. The predicted molar refractivity (Wildman–Crippen MR) is 85.3 cm³/mol. The van der Waals surface area contributed by atoms with E-state index < -0.39 is 6.10 Å². The molecular weight excluding hydrogens is 286 g/mol. The molecule has 0 spiro atoms. The van der Waals surface area contributed by atoms with Crippen LogP contribution in [0.2, 0.25) is 5.02 Å². The average Bonchev–Trinajstić information content (AvgIpc) is 2.52. The Labute approximate surface area is 130 Å². The molecule has 2 aromatic carbocycles. The second-order valence-corrected chi connectivity index (χ2v) is 5.33. The van der Waals surface area contributed by atoms with E-state index in [4.69, 9.17) is 11.6 Å². The minimum Gasteiger partial charge on any atom is -0.396 e. The van der Waals surface area contributed by atoms with Crippen LogP contribution >= 0.6 is 11.6 Å². The summed E-state index contributed by atoms with van der Waals surface area (Å²) in [5, 5.41) is 23.3. The standard InChI is InChI=1S/C17H20ClNO2/c18-15-9-5-4-8-14(15)17(21)12-19-16(10-11-20)13-6-2-1-3-7-13/h1-9,16-17,19-21H,10-12H2. The molecule has 0 fully saturated rings. The smallest absolute Gasteiger partial charge is 0.0928 e. The van der Waals surface area contributed by atoms with Crippen molar-refractivity contribution in [3.05, 3.63) is 70.7 Å². The summed E-state index contributed by atoms with van der Waals surface area (Å²) in [7, 11) is 0. The first kappa shape index (κ1) is 16.0. The fourth-order valence-electron chi connectivity index (χ4n) is 2.31. The molecule has 0 aliphatic heterocycles. The number of hydrogen-bond acceptors (Lipinski definition) is 3. The zero-order valence-electron chi connectivity index (χ0n) is 11.7. The first-order chi connectivity index (χ1) is 10.2. The Kier molecular flexibility index (Phi) is 6.21. The van der Waals surface area contributed by atoms with E-state index >= 15 is 0 Å². The van der Waals surface area contributed by atoms with Gasteiger partial charge in [-0.05, 0) is 18.1 Å². The maximum atomic E-state index is 10.3. The van der Waals surface area contributed by atoms with Gasteiger partial charge in [-0.2, -0.15) is 0 Å². The Morgan fingerprint density at radius 1 is 1.00 bits per heavy atom. The number of halogens is 1. The molecule has 0 amide bonds. The Morgan fingerprint density at radius 3 is 2.33 bits per heavy atom. The Bertz CT molecular complexity index is 547. The van der Waals surface area contributed by atoms with Crippen LogP contribution < -0.4 is 5.32 Å². The van der Waals surface area contributed by atoms with Crippen molar-refractivity contribution < 1.29 is 10.2 Å². The topological polar surface area (TPSA) is 52.5 Å². The van der Waals surface area contributed by atoms with E-state index in [1.165, 1.54) is 0 Å². The molecule has 2 unspecified atom stereocenters. The summed E-state index contributed by atoms with van der Waals surface area (Å²) in [4.78, 5) is 0. The highest BCUT2D eigenvalue weighted by molar-refractivity contribution is 6.31. The van der Waals surface area contributed by atoms with Crippen molar-refractivity contribution in [2.75, 3.05) is 13.2 Å². The van der Waals surface area contributed by atoms with Crippen LogP contribution in [0.5, 0.6) is 0 Å². The average molecular weight is 306 g/mol. The molecule has 2 aromatic rings. The van der Waals surface area contributed by atoms with Gasteiger partial charge in [-0.15, -0.1) is 0 Å². The van der Waals surface area contributed by atoms with Crippen LogP contribution in [-0.4, -0.2) is 23.4 Å². The van der Waals surface area contributed by atoms with E-state index in [-0.39, 0.29) is 12.6 Å². The SMILES string of the molecule is OCCC(NCC(O)c1ccccc1Cl)c1ccccc1. The van der Waals surface area contributed by atoms with Gasteiger partial charge in [-0.25, -0.2) is 0 Å². The monoisotopic (exact) mass is 305 g/mol. The molecule has 0 saturated carbocycles. The molecule has 112 valence electrons. The molecule has 0 saturated heterocycles. The molecule has 4 heteroatoms. The minimum absolute atomic E-state index is 0.00772. The van der Waals surface area contributed by atoms with Crippen molar-refractivity contribution in [3.8, 4) is 0 Å². The quantitative estimate of drug-likeness (QED) is 0.737. The third kappa shape index (κ3) is 4.55. The molecule has 0 heterocycles. The fraction of sp³-hybridized carbons (Fsp3) is 0.294. The summed E-state index contributed by atoms with van der Waals surface area (Å²) in [5.41, 5.74) is 1.81. The lowest BCUT2D eigenvalue weighted by atomic mass is 10.0. The highest BCUT2D eigenvalue weighted by atomic mass is 35.5. The summed E-state index contributed by atoms with van der Waals surface area (Å²) in [5.74, 6) is 0. The number of aliphatic hydroxyl groups excluding tert-OH is 2. The molecule has 0 aromatic heterocycles. The largest absolute Gasteiger partial charge is 0.396 e. The molecule has 2 atom stereocenters. The van der Waals surface area contributed by atoms with E-state index in [0.29, 0.717) is 23.6 Å². The fourth-order valence-corrected chi connectivity index (χ4v) is 2.57. The van der Waals surface area contributed by atoms with Gasteiger partial charge in [0.05, 0.1) is 6.10 Å². The predicted octanol–water partition coefficient (Wildman–Crippen LogP) is 3.09. The molecule has 3 N–H and O–H groups in total. The van der Waals surface area contributed by atoms with Crippen molar-refractivity contribution in [2.45, 2.75) is 18.6 Å². The highest BCUT2D eigenvalue weighted by Crippen LogP contribution is 2.23. The van der Waals surface area contributed by atoms with Gasteiger partial charge in [0, 0.05) is 29.8 Å². The summed E-state index contributed by atoms with van der Waals surface area (Å²) in [6.07, 6.45) is -0.0807. The number of hydrogen-bond donors (Lipinski definition) is 3. The molecule has 0 radical (unpaired) electrons. The van der Waals surface area contributed by atoms with Crippen molar-refractivity contribution in [1.82, 2.24) is 5.32 Å². The van der Waals surface area contributed by atoms with Gasteiger partial charge >= 0.3 is 0 Å². The van der Waals surface area contributed by atoms with E-state index in [2.05, 4.69) is 5.32 Å². The number of rotatable bonds is 7. The first-order valence-corrected chi connectivity index (χ1v) is 7.42. The van der Waals surface area contributed by atoms with Gasteiger partial charge in [-0.1, -0.05) is 60.1 Å². The summed E-state index contributed by atoms with van der Waals surface area (Å²) < 4.78 is 0. The lowest BCUT2D eigenvalue weighted by Gasteiger charge is -2.21. The second kappa shape index (κ2) is 8.15. The minimum atomic E-state index is -0.677. The summed E-state index contributed by atoms with van der Waals surface area (Å²) >= 11 is 6.08. The van der Waals surface area contributed by atoms with Crippen LogP contribution in [0, 0.1) is 0 Å².